The van der Waals surface area contributed by atoms with Crippen LogP contribution >= 0.6 is 11.3 Å². The fourth-order valence-electron chi connectivity index (χ4n) is 2.36. The first-order valence-electron chi connectivity index (χ1n) is 8.00. The van der Waals surface area contributed by atoms with Crippen molar-refractivity contribution < 1.29 is 19.4 Å². The van der Waals surface area contributed by atoms with E-state index < -0.39 is 5.97 Å². The number of amides is 1. The first-order chi connectivity index (χ1) is 11.8. The topological polar surface area (TPSA) is 79.7 Å². The van der Waals surface area contributed by atoms with E-state index in [9.17, 15) is 9.59 Å². The van der Waals surface area contributed by atoms with E-state index >= 15 is 0 Å². The number of carboxylic acid groups (broad SMARTS) is 1. The maximum atomic E-state index is 12.6. The number of benzene rings is 1. The lowest BCUT2D eigenvalue weighted by Gasteiger charge is -2.23. The number of thiazole rings is 1. The third-order valence-corrected chi connectivity index (χ3v) is 4.16. The number of carboxylic acids is 1. The second-order valence-corrected chi connectivity index (χ2v) is 7.21. The number of carbonyl (C=O) groups excluding carboxylic acids is 1. The minimum absolute atomic E-state index is 0.177. The number of carbonyl (C=O) groups is 2. The second-order valence-electron chi connectivity index (χ2n) is 6.15. The minimum atomic E-state index is -1.03. The Balaban J connectivity index is 2.09. The van der Waals surface area contributed by atoms with E-state index in [4.69, 9.17) is 9.84 Å². The standard InChI is InChI=1S/C18H22N2O4S/c1-12(2)8-20(9-17(21)22)18(23)14-5-4-6-16(7-14)24-10-15-11-25-13(3)19-15/h4-7,11-12H,8-10H2,1-3H3,(H,21,22). The summed E-state index contributed by atoms with van der Waals surface area (Å²) in [6.07, 6.45) is 0. The lowest BCUT2D eigenvalue weighted by atomic mass is 10.1. The van der Waals surface area contributed by atoms with E-state index in [0.29, 0.717) is 24.5 Å². The fraction of sp³-hybridized carbons (Fsp3) is 0.389. The van der Waals surface area contributed by atoms with Crippen LogP contribution in [0.15, 0.2) is 29.6 Å². The minimum Gasteiger partial charge on any atom is -0.487 e. The van der Waals surface area contributed by atoms with Crippen LogP contribution in [0.1, 0.15) is 34.9 Å². The van der Waals surface area contributed by atoms with Gasteiger partial charge >= 0.3 is 5.97 Å². The summed E-state index contributed by atoms with van der Waals surface area (Å²) in [5.74, 6) is -0.613. The Morgan fingerprint density at radius 1 is 1.36 bits per heavy atom. The van der Waals surface area contributed by atoms with Crippen LogP contribution in [0, 0.1) is 12.8 Å². The van der Waals surface area contributed by atoms with Crippen molar-refractivity contribution in [2.24, 2.45) is 5.92 Å². The highest BCUT2D eigenvalue weighted by atomic mass is 32.1. The molecule has 0 fully saturated rings. The van der Waals surface area contributed by atoms with E-state index in [2.05, 4.69) is 4.98 Å². The molecule has 1 N–H and O–H groups in total. The zero-order chi connectivity index (χ0) is 18.4. The molecule has 0 bridgehead atoms. The fourth-order valence-corrected chi connectivity index (χ4v) is 2.95. The molecule has 0 spiro atoms. The third kappa shape index (κ3) is 5.86. The lowest BCUT2D eigenvalue weighted by molar-refractivity contribution is -0.137. The van der Waals surface area contributed by atoms with E-state index in [1.54, 1.807) is 35.6 Å². The van der Waals surface area contributed by atoms with Crippen molar-refractivity contribution in [3.05, 3.63) is 45.9 Å². The van der Waals surface area contributed by atoms with Crippen LogP contribution < -0.4 is 4.74 Å². The number of nitrogens with zero attached hydrogens (tertiary/aromatic N) is 2. The molecule has 0 aliphatic rings. The summed E-state index contributed by atoms with van der Waals surface area (Å²) < 4.78 is 5.70. The highest BCUT2D eigenvalue weighted by Gasteiger charge is 2.20. The van der Waals surface area contributed by atoms with Crippen molar-refractivity contribution in [2.75, 3.05) is 13.1 Å². The van der Waals surface area contributed by atoms with Crippen molar-refractivity contribution >= 4 is 23.2 Å². The summed E-state index contributed by atoms with van der Waals surface area (Å²) in [6, 6.07) is 6.79. The highest BCUT2D eigenvalue weighted by molar-refractivity contribution is 7.09. The first-order valence-corrected chi connectivity index (χ1v) is 8.88. The van der Waals surface area contributed by atoms with Gasteiger partial charge in [0, 0.05) is 17.5 Å². The molecular weight excluding hydrogens is 340 g/mol. The van der Waals surface area contributed by atoms with Gasteiger partial charge in [0.05, 0.1) is 10.7 Å². The van der Waals surface area contributed by atoms with E-state index in [1.165, 1.54) is 4.90 Å². The zero-order valence-corrected chi connectivity index (χ0v) is 15.4. The number of ether oxygens (including phenoxy) is 1. The number of aliphatic carboxylic acids is 1. The maximum Gasteiger partial charge on any atom is 0.323 e. The van der Waals surface area contributed by atoms with Crippen LogP contribution in [0.4, 0.5) is 0 Å². The third-order valence-electron chi connectivity index (χ3n) is 3.33. The average molecular weight is 362 g/mol. The normalized spacial score (nSPS) is 10.7. The predicted molar refractivity (Wildman–Crippen MR) is 96.0 cm³/mol. The van der Waals surface area contributed by atoms with Crippen LogP contribution in [0.5, 0.6) is 5.75 Å². The van der Waals surface area contributed by atoms with Crippen molar-refractivity contribution in [3.63, 3.8) is 0 Å². The number of aromatic nitrogens is 1. The molecule has 0 atom stereocenters. The summed E-state index contributed by atoms with van der Waals surface area (Å²) in [7, 11) is 0. The van der Waals surface area contributed by atoms with Crippen LogP contribution in [0.3, 0.4) is 0 Å². The first kappa shape index (κ1) is 18.9. The molecule has 134 valence electrons. The van der Waals surface area contributed by atoms with Gasteiger partial charge in [-0.3, -0.25) is 9.59 Å². The Bertz CT molecular complexity index is 742. The van der Waals surface area contributed by atoms with E-state index in [1.807, 2.05) is 26.2 Å². The molecule has 0 aliphatic carbocycles. The van der Waals surface area contributed by atoms with Gasteiger partial charge in [0.15, 0.2) is 0 Å². The number of hydrogen-bond donors (Lipinski definition) is 1. The molecular formula is C18H22N2O4S. The average Bonchev–Trinajstić information content (AvgIpc) is 2.96. The van der Waals surface area contributed by atoms with Crippen molar-refractivity contribution in [2.45, 2.75) is 27.4 Å². The van der Waals surface area contributed by atoms with Gasteiger partial charge < -0.3 is 14.7 Å². The van der Waals surface area contributed by atoms with E-state index in [0.717, 1.165) is 10.7 Å². The summed E-state index contributed by atoms with van der Waals surface area (Å²) in [4.78, 5) is 29.3. The molecule has 1 aromatic carbocycles. The highest BCUT2D eigenvalue weighted by Crippen LogP contribution is 2.18. The van der Waals surface area contributed by atoms with Crippen molar-refractivity contribution in [1.82, 2.24) is 9.88 Å². The zero-order valence-electron chi connectivity index (χ0n) is 14.6. The maximum absolute atomic E-state index is 12.6. The smallest absolute Gasteiger partial charge is 0.323 e. The Labute approximate surface area is 151 Å². The quantitative estimate of drug-likeness (QED) is 0.780. The summed E-state index contributed by atoms with van der Waals surface area (Å²) in [5, 5.41) is 11.9. The van der Waals surface area contributed by atoms with Gasteiger partial charge in [-0.05, 0) is 31.0 Å². The van der Waals surface area contributed by atoms with Crippen LogP contribution in [-0.2, 0) is 11.4 Å². The molecule has 1 heterocycles. The molecule has 1 amide bonds. The summed E-state index contributed by atoms with van der Waals surface area (Å²) >= 11 is 1.56. The molecule has 2 aromatic rings. The predicted octanol–water partition coefficient (Wildman–Crippen LogP) is 3.21. The van der Waals surface area contributed by atoms with Crippen molar-refractivity contribution in [1.29, 1.82) is 0 Å². The Hall–Kier alpha value is -2.41. The molecule has 0 aliphatic heterocycles. The van der Waals surface area contributed by atoms with Gasteiger partial charge in [0.2, 0.25) is 0 Å². The Morgan fingerprint density at radius 2 is 2.12 bits per heavy atom. The number of hydrogen-bond acceptors (Lipinski definition) is 5. The van der Waals surface area contributed by atoms with Gasteiger partial charge in [0.25, 0.3) is 5.91 Å². The monoisotopic (exact) mass is 362 g/mol. The van der Waals surface area contributed by atoms with Gasteiger partial charge in [-0.25, -0.2) is 4.98 Å². The molecule has 1 aromatic heterocycles. The van der Waals surface area contributed by atoms with Gasteiger partial charge in [-0.1, -0.05) is 19.9 Å². The molecule has 0 saturated heterocycles. The van der Waals surface area contributed by atoms with Crippen LogP contribution in [-0.4, -0.2) is 40.0 Å². The Morgan fingerprint density at radius 3 is 2.72 bits per heavy atom. The summed E-state index contributed by atoms with van der Waals surface area (Å²) in [5.41, 5.74) is 1.25. The molecule has 7 heteroatoms. The second kappa shape index (κ2) is 8.62. The van der Waals surface area contributed by atoms with E-state index in [-0.39, 0.29) is 18.4 Å². The molecule has 0 radical (unpaired) electrons. The number of rotatable bonds is 8. The molecule has 0 unspecified atom stereocenters. The largest absolute Gasteiger partial charge is 0.487 e. The Kier molecular flexibility index (Phi) is 6.52. The number of aryl methyl sites for hydroxylation is 1. The molecule has 2 rings (SSSR count). The van der Waals surface area contributed by atoms with Crippen LogP contribution in [0.25, 0.3) is 0 Å². The lowest BCUT2D eigenvalue weighted by Crippen LogP contribution is -2.38. The van der Waals surface area contributed by atoms with Gasteiger partial charge in [-0.2, -0.15) is 0 Å². The molecule has 0 saturated carbocycles. The molecule has 6 nitrogen and oxygen atoms in total. The molecule has 25 heavy (non-hydrogen) atoms. The van der Waals surface area contributed by atoms with Gasteiger partial charge in [0.1, 0.15) is 18.9 Å². The van der Waals surface area contributed by atoms with Crippen molar-refractivity contribution in [3.8, 4) is 5.75 Å². The SMILES string of the molecule is Cc1nc(COc2cccc(C(=O)N(CC(=O)O)CC(C)C)c2)cs1. The summed E-state index contributed by atoms with van der Waals surface area (Å²) in [6.45, 7) is 6.20. The van der Waals surface area contributed by atoms with Crippen LogP contribution in [0.2, 0.25) is 0 Å². The van der Waals surface area contributed by atoms with Gasteiger partial charge in [-0.15, -0.1) is 11.3 Å².